The van der Waals surface area contributed by atoms with Crippen molar-refractivity contribution in [2.24, 2.45) is 0 Å². The Hall–Kier alpha value is -1.16. The highest BCUT2D eigenvalue weighted by molar-refractivity contribution is 5.31. The van der Waals surface area contributed by atoms with Gasteiger partial charge in [-0.25, -0.2) is 9.97 Å². The summed E-state index contributed by atoms with van der Waals surface area (Å²) in [4.78, 5) is 10.1. The van der Waals surface area contributed by atoms with Crippen molar-refractivity contribution in [3.05, 3.63) is 18.6 Å². The number of rotatable bonds is 4. The zero-order chi connectivity index (χ0) is 9.68. The SMILES string of the molecule is CC(CNc1ccncn1)N(C)C. The van der Waals surface area contributed by atoms with E-state index in [-0.39, 0.29) is 0 Å². The number of aromatic nitrogens is 2. The summed E-state index contributed by atoms with van der Waals surface area (Å²) < 4.78 is 0. The number of likely N-dealkylation sites (N-methyl/N-ethyl adjacent to an activating group) is 1. The Balaban J connectivity index is 2.35. The maximum Gasteiger partial charge on any atom is 0.129 e. The molecule has 72 valence electrons. The summed E-state index contributed by atoms with van der Waals surface area (Å²) in [6, 6.07) is 2.36. The molecule has 1 aromatic heterocycles. The molecule has 0 aliphatic carbocycles. The van der Waals surface area contributed by atoms with Crippen molar-refractivity contribution in [1.82, 2.24) is 14.9 Å². The topological polar surface area (TPSA) is 41.1 Å². The van der Waals surface area contributed by atoms with E-state index in [2.05, 4.69) is 41.2 Å². The van der Waals surface area contributed by atoms with Gasteiger partial charge in [-0.3, -0.25) is 0 Å². The Morgan fingerprint density at radius 1 is 1.54 bits per heavy atom. The highest BCUT2D eigenvalue weighted by Crippen LogP contribution is 1.99. The van der Waals surface area contributed by atoms with Gasteiger partial charge in [0.25, 0.3) is 0 Å². The van der Waals surface area contributed by atoms with E-state index >= 15 is 0 Å². The molecular formula is C9H16N4. The molecule has 0 radical (unpaired) electrons. The van der Waals surface area contributed by atoms with Crippen LogP contribution in [0.5, 0.6) is 0 Å². The third-order valence-corrected chi connectivity index (χ3v) is 2.04. The Morgan fingerprint density at radius 2 is 2.31 bits per heavy atom. The lowest BCUT2D eigenvalue weighted by Crippen LogP contribution is -2.31. The Morgan fingerprint density at radius 3 is 2.85 bits per heavy atom. The first-order valence-electron chi connectivity index (χ1n) is 4.36. The van der Waals surface area contributed by atoms with E-state index in [1.165, 1.54) is 0 Å². The van der Waals surface area contributed by atoms with E-state index in [9.17, 15) is 0 Å². The first-order valence-corrected chi connectivity index (χ1v) is 4.36. The first-order chi connectivity index (χ1) is 6.20. The van der Waals surface area contributed by atoms with E-state index in [0.717, 1.165) is 12.4 Å². The molecule has 0 saturated heterocycles. The van der Waals surface area contributed by atoms with Gasteiger partial charge in [0.1, 0.15) is 12.1 Å². The van der Waals surface area contributed by atoms with Crippen LogP contribution in [0.4, 0.5) is 5.82 Å². The number of hydrogen-bond acceptors (Lipinski definition) is 4. The third kappa shape index (κ3) is 3.38. The summed E-state index contributed by atoms with van der Waals surface area (Å²) in [7, 11) is 4.12. The molecule has 0 amide bonds. The molecule has 0 aliphatic heterocycles. The fraction of sp³-hybridized carbons (Fsp3) is 0.556. The van der Waals surface area contributed by atoms with Crippen LogP contribution >= 0.6 is 0 Å². The van der Waals surface area contributed by atoms with Crippen molar-refractivity contribution in [3.8, 4) is 0 Å². The number of anilines is 1. The Labute approximate surface area is 79.0 Å². The minimum atomic E-state index is 0.495. The van der Waals surface area contributed by atoms with Gasteiger partial charge in [-0.05, 0) is 27.1 Å². The van der Waals surface area contributed by atoms with Crippen LogP contribution in [0.25, 0.3) is 0 Å². The summed E-state index contributed by atoms with van der Waals surface area (Å²) in [6.45, 7) is 3.05. The van der Waals surface area contributed by atoms with E-state index in [1.54, 1.807) is 12.5 Å². The second-order valence-corrected chi connectivity index (χ2v) is 3.29. The molecule has 1 aromatic rings. The fourth-order valence-electron chi connectivity index (χ4n) is 0.830. The van der Waals surface area contributed by atoms with Crippen molar-refractivity contribution in [3.63, 3.8) is 0 Å². The quantitative estimate of drug-likeness (QED) is 0.745. The van der Waals surface area contributed by atoms with Gasteiger partial charge in [0, 0.05) is 18.8 Å². The van der Waals surface area contributed by atoms with E-state index < -0.39 is 0 Å². The zero-order valence-corrected chi connectivity index (χ0v) is 8.36. The summed E-state index contributed by atoms with van der Waals surface area (Å²) in [5.41, 5.74) is 0. The predicted molar refractivity (Wildman–Crippen MR) is 53.7 cm³/mol. The van der Waals surface area contributed by atoms with Crippen LogP contribution in [-0.2, 0) is 0 Å². The van der Waals surface area contributed by atoms with Crippen LogP contribution < -0.4 is 5.32 Å². The predicted octanol–water partition coefficient (Wildman–Crippen LogP) is 0.839. The lowest BCUT2D eigenvalue weighted by Gasteiger charge is -2.19. The van der Waals surface area contributed by atoms with E-state index in [4.69, 9.17) is 0 Å². The molecule has 1 atom stereocenters. The van der Waals surface area contributed by atoms with Gasteiger partial charge in [0.2, 0.25) is 0 Å². The van der Waals surface area contributed by atoms with Crippen LogP contribution in [0.2, 0.25) is 0 Å². The normalized spacial score (nSPS) is 12.9. The summed E-state index contributed by atoms with van der Waals surface area (Å²) in [6.07, 6.45) is 3.28. The second-order valence-electron chi connectivity index (χ2n) is 3.29. The number of nitrogens with zero attached hydrogens (tertiary/aromatic N) is 3. The van der Waals surface area contributed by atoms with Crippen LogP contribution in [-0.4, -0.2) is 41.5 Å². The molecule has 13 heavy (non-hydrogen) atoms. The first kappa shape index (κ1) is 9.92. The molecule has 1 heterocycles. The standard InChI is InChI=1S/C9H16N4/c1-8(13(2)3)6-11-9-4-5-10-7-12-9/h4-5,7-8H,6H2,1-3H3,(H,10,11,12). The maximum absolute atomic E-state index is 4.07. The number of hydrogen-bond donors (Lipinski definition) is 1. The van der Waals surface area contributed by atoms with Crippen LogP contribution in [0.15, 0.2) is 18.6 Å². The van der Waals surface area contributed by atoms with E-state index in [0.29, 0.717) is 6.04 Å². The minimum Gasteiger partial charge on any atom is -0.368 e. The maximum atomic E-state index is 4.07. The van der Waals surface area contributed by atoms with Crippen molar-refractivity contribution in [1.29, 1.82) is 0 Å². The summed E-state index contributed by atoms with van der Waals surface area (Å²) >= 11 is 0. The average Bonchev–Trinajstić information content (AvgIpc) is 2.15. The van der Waals surface area contributed by atoms with Crippen molar-refractivity contribution in [2.75, 3.05) is 26.0 Å². The second kappa shape index (κ2) is 4.77. The molecule has 1 rings (SSSR count). The third-order valence-electron chi connectivity index (χ3n) is 2.04. The van der Waals surface area contributed by atoms with Crippen molar-refractivity contribution >= 4 is 5.82 Å². The van der Waals surface area contributed by atoms with Crippen molar-refractivity contribution < 1.29 is 0 Å². The molecule has 0 fully saturated rings. The fourth-order valence-corrected chi connectivity index (χ4v) is 0.830. The van der Waals surface area contributed by atoms with Gasteiger partial charge in [-0.2, -0.15) is 0 Å². The zero-order valence-electron chi connectivity index (χ0n) is 8.36. The largest absolute Gasteiger partial charge is 0.368 e. The molecule has 1 unspecified atom stereocenters. The van der Waals surface area contributed by atoms with Crippen LogP contribution in [0.1, 0.15) is 6.92 Å². The summed E-state index contributed by atoms with van der Waals surface area (Å²) in [5.74, 6) is 0.878. The van der Waals surface area contributed by atoms with Crippen LogP contribution in [0.3, 0.4) is 0 Å². The van der Waals surface area contributed by atoms with Crippen LogP contribution in [0, 0.1) is 0 Å². The van der Waals surface area contributed by atoms with Gasteiger partial charge in [0.15, 0.2) is 0 Å². The highest BCUT2D eigenvalue weighted by atomic mass is 15.1. The Bertz CT molecular complexity index is 235. The minimum absolute atomic E-state index is 0.495. The molecule has 0 aromatic carbocycles. The molecule has 0 saturated carbocycles. The highest BCUT2D eigenvalue weighted by Gasteiger charge is 2.03. The van der Waals surface area contributed by atoms with Gasteiger partial charge in [-0.1, -0.05) is 0 Å². The van der Waals surface area contributed by atoms with Gasteiger partial charge in [-0.15, -0.1) is 0 Å². The van der Waals surface area contributed by atoms with Gasteiger partial charge < -0.3 is 10.2 Å². The molecule has 1 N–H and O–H groups in total. The van der Waals surface area contributed by atoms with E-state index in [1.807, 2.05) is 6.07 Å². The number of nitrogens with one attached hydrogen (secondary N) is 1. The Kier molecular flexibility index (Phi) is 3.64. The molecule has 4 heteroatoms. The lowest BCUT2D eigenvalue weighted by atomic mass is 10.3. The van der Waals surface area contributed by atoms with Crippen molar-refractivity contribution in [2.45, 2.75) is 13.0 Å². The molecule has 0 aliphatic rings. The van der Waals surface area contributed by atoms with Gasteiger partial charge >= 0.3 is 0 Å². The average molecular weight is 180 g/mol. The molecular weight excluding hydrogens is 164 g/mol. The summed E-state index contributed by atoms with van der Waals surface area (Å²) in [5, 5.41) is 3.23. The lowest BCUT2D eigenvalue weighted by molar-refractivity contribution is 0.326. The smallest absolute Gasteiger partial charge is 0.129 e. The van der Waals surface area contributed by atoms with Gasteiger partial charge in [0.05, 0.1) is 0 Å². The molecule has 4 nitrogen and oxygen atoms in total. The molecule has 0 spiro atoms. The molecule has 0 bridgehead atoms. The monoisotopic (exact) mass is 180 g/mol.